The molecule has 202 valence electrons. The van der Waals surface area contributed by atoms with Crippen LogP contribution in [0.2, 0.25) is 0 Å². The van der Waals surface area contributed by atoms with E-state index in [4.69, 9.17) is 4.74 Å². The van der Waals surface area contributed by atoms with Crippen LogP contribution in [-0.4, -0.2) is 51.6 Å². The van der Waals surface area contributed by atoms with Gasteiger partial charge >= 0.3 is 6.09 Å². The zero-order chi connectivity index (χ0) is 27.6. The Morgan fingerprint density at radius 1 is 0.923 bits per heavy atom. The van der Waals surface area contributed by atoms with Crippen molar-refractivity contribution in [1.82, 2.24) is 9.80 Å². The summed E-state index contributed by atoms with van der Waals surface area (Å²) >= 11 is 0. The molecule has 0 unspecified atom stereocenters. The van der Waals surface area contributed by atoms with Crippen molar-refractivity contribution in [3.63, 3.8) is 0 Å². The Morgan fingerprint density at radius 2 is 1.62 bits per heavy atom. The van der Waals surface area contributed by atoms with Crippen LogP contribution in [0.25, 0.3) is 16.7 Å². The van der Waals surface area contributed by atoms with E-state index in [1.807, 2.05) is 56.0 Å². The van der Waals surface area contributed by atoms with Crippen LogP contribution in [-0.2, 0) is 16.1 Å². The van der Waals surface area contributed by atoms with E-state index < -0.39 is 11.7 Å². The van der Waals surface area contributed by atoms with Crippen LogP contribution >= 0.6 is 0 Å². The van der Waals surface area contributed by atoms with Crippen LogP contribution < -0.4 is 0 Å². The van der Waals surface area contributed by atoms with Gasteiger partial charge in [-0.15, -0.1) is 0 Å². The summed E-state index contributed by atoms with van der Waals surface area (Å²) in [6.07, 6.45) is 2.05. The summed E-state index contributed by atoms with van der Waals surface area (Å²) in [6, 6.07) is 25.7. The topological polar surface area (TPSA) is 70.1 Å². The largest absolute Gasteiger partial charge is 0.508 e. The monoisotopic (exact) mass is 524 g/mol. The Morgan fingerprint density at radius 3 is 2.31 bits per heavy atom. The van der Waals surface area contributed by atoms with Gasteiger partial charge in [-0.1, -0.05) is 60.7 Å². The van der Waals surface area contributed by atoms with Gasteiger partial charge in [0.15, 0.2) is 0 Å². The van der Waals surface area contributed by atoms with Crippen LogP contribution in [0.5, 0.6) is 5.75 Å². The molecule has 2 amide bonds. The van der Waals surface area contributed by atoms with Gasteiger partial charge in [0.1, 0.15) is 11.4 Å². The first-order valence-corrected chi connectivity index (χ1v) is 13.6. The molecule has 1 heterocycles. The SMILES string of the molecule is CC(C)(C)OC(=O)N1CCC(c2cccc(-c3ccccc3)c2)=C(C(=O)N(Cc2cccc(O)c2)C2CC2)C1. The fraction of sp³-hybridized carbons (Fsp3) is 0.333. The van der Waals surface area contributed by atoms with Crippen molar-refractivity contribution < 1.29 is 19.4 Å². The number of nitrogens with zero attached hydrogens (tertiary/aromatic N) is 2. The molecule has 1 saturated carbocycles. The molecular formula is C33H36N2O4. The first-order valence-electron chi connectivity index (χ1n) is 13.6. The molecule has 1 fully saturated rings. The summed E-state index contributed by atoms with van der Waals surface area (Å²) in [5.41, 5.74) is 5.05. The number of aromatic hydroxyl groups is 1. The second-order valence-corrected chi connectivity index (χ2v) is 11.4. The number of phenols is 1. The minimum Gasteiger partial charge on any atom is -0.508 e. The van der Waals surface area contributed by atoms with Crippen molar-refractivity contribution in [2.75, 3.05) is 13.1 Å². The highest BCUT2D eigenvalue weighted by Crippen LogP contribution is 2.36. The number of carbonyl (C=O) groups is 2. The number of phenolic OH excluding ortho intramolecular Hbond substituents is 1. The number of carbonyl (C=O) groups excluding carboxylic acids is 2. The van der Waals surface area contributed by atoms with E-state index in [2.05, 4.69) is 30.3 Å². The second kappa shape index (κ2) is 11.0. The van der Waals surface area contributed by atoms with Crippen LogP contribution in [0.3, 0.4) is 0 Å². The van der Waals surface area contributed by atoms with Crippen molar-refractivity contribution in [2.24, 2.45) is 0 Å². The molecule has 6 heteroatoms. The number of ether oxygens (including phenoxy) is 1. The molecular weight excluding hydrogens is 488 g/mol. The number of hydrogen-bond acceptors (Lipinski definition) is 4. The molecule has 0 aromatic heterocycles. The van der Waals surface area contributed by atoms with E-state index in [0.29, 0.717) is 25.1 Å². The molecule has 2 aliphatic rings. The molecule has 1 aliphatic carbocycles. The third kappa shape index (κ3) is 6.51. The van der Waals surface area contributed by atoms with Crippen molar-refractivity contribution in [3.05, 3.63) is 95.6 Å². The minimum atomic E-state index is -0.620. The number of benzene rings is 3. The maximum atomic E-state index is 14.3. The van der Waals surface area contributed by atoms with Gasteiger partial charge in [0.05, 0.1) is 6.54 Å². The predicted molar refractivity (Wildman–Crippen MR) is 153 cm³/mol. The summed E-state index contributed by atoms with van der Waals surface area (Å²) < 4.78 is 5.66. The molecule has 6 nitrogen and oxygen atoms in total. The fourth-order valence-corrected chi connectivity index (χ4v) is 5.06. The molecule has 39 heavy (non-hydrogen) atoms. The van der Waals surface area contributed by atoms with Crippen molar-refractivity contribution in [3.8, 4) is 16.9 Å². The van der Waals surface area contributed by atoms with E-state index >= 15 is 0 Å². The average molecular weight is 525 g/mol. The van der Waals surface area contributed by atoms with Crippen molar-refractivity contribution in [2.45, 2.75) is 58.2 Å². The molecule has 1 N–H and O–H groups in total. The normalized spacial score (nSPS) is 15.7. The van der Waals surface area contributed by atoms with E-state index in [-0.39, 0.29) is 24.2 Å². The highest BCUT2D eigenvalue weighted by Gasteiger charge is 2.37. The molecule has 3 aromatic rings. The molecule has 0 atom stereocenters. The zero-order valence-electron chi connectivity index (χ0n) is 22.9. The average Bonchev–Trinajstić information content (AvgIpc) is 3.76. The lowest BCUT2D eigenvalue weighted by atomic mass is 9.90. The van der Waals surface area contributed by atoms with Gasteiger partial charge in [-0.25, -0.2) is 4.79 Å². The molecule has 1 aliphatic heterocycles. The van der Waals surface area contributed by atoms with Gasteiger partial charge in [0.25, 0.3) is 5.91 Å². The third-order valence-corrected chi connectivity index (χ3v) is 7.08. The van der Waals surface area contributed by atoms with Gasteiger partial charge in [0, 0.05) is 24.7 Å². The quantitative estimate of drug-likeness (QED) is 0.392. The van der Waals surface area contributed by atoms with E-state index in [1.165, 1.54) is 0 Å². The molecule has 0 radical (unpaired) electrons. The van der Waals surface area contributed by atoms with Crippen LogP contribution in [0.15, 0.2) is 84.4 Å². The van der Waals surface area contributed by atoms with Crippen LogP contribution in [0.4, 0.5) is 4.79 Å². The predicted octanol–water partition coefficient (Wildman–Crippen LogP) is 6.64. The van der Waals surface area contributed by atoms with E-state index in [1.54, 1.807) is 23.1 Å². The molecule has 5 rings (SSSR count). The summed E-state index contributed by atoms with van der Waals surface area (Å²) in [4.78, 5) is 30.9. The van der Waals surface area contributed by atoms with Crippen molar-refractivity contribution >= 4 is 17.6 Å². The second-order valence-electron chi connectivity index (χ2n) is 11.4. The van der Waals surface area contributed by atoms with Gasteiger partial charge in [-0.3, -0.25) is 4.79 Å². The maximum absolute atomic E-state index is 14.3. The van der Waals surface area contributed by atoms with E-state index in [0.717, 1.165) is 40.7 Å². The fourth-order valence-electron chi connectivity index (χ4n) is 5.06. The lowest BCUT2D eigenvalue weighted by molar-refractivity contribution is -0.128. The molecule has 3 aromatic carbocycles. The van der Waals surface area contributed by atoms with Gasteiger partial charge in [-0.2, -0.15) is 0 Å². The first kappa shape index (κ1) is 26.5. The Balaban J connectivity index is 1.52. The Labute approximate surface area is 230 Å². The van der Waals surface area contributed by atoms with E-state index in [9.17, 15) is 14.7 Å². The lowest BCUT2D eigenvalue weighted by Gasteiger charge is -2.34. The van der Waals surface area contributed by atoms with Gasteiger partial charge in [-0.05, 0) is 86.1 Å². The number of rotatable bonds is 6. The molecule has 0 saturated heterocycles. The van der Waals surface area contributed by atoms with Gasteiger partial charge < -0.3 is 19.6 Å². The Bertz CT molecular complexity index is 1390. The highest BCUT2D eigenvalue weighted by atomic mass is 16.6. The molecule has 0 bridgehead atoms. The minimum absolute atomic E-state index is 0.0609. The highest BCUT2D eigenvalue weighted by molar-refractivity contribution is 6.03. The van der Waals surface area contributed by atoms with Gasteiger partial charge in [0.2, 0.25) is 0 Å². The smallest absolute Gasteiger partial charge is 0.410 e. The summed E-state index contributed by atoms with van der Waals surface area (Å²) in [6.45, 7) is 6.63. The van der Waals surface area contributed by atoms with Crippen LogP contribution in [0, 0.1) is 0 Å². The summed E-state index contributed by atoms with van der Waals surface area (Å²) in [5.74, 6) is 0.122. The standard InChI is InChI=1S/C33H36N2O4/c1-33(2,3)39-32(38)34-18-17-29(26-13-8-12-25(20-26)24-10-5-4-6-11-24)30(22-34)31(37)35(27-15-16-27)21-23-9-7-14-28(36)19-23/h4-14,19-20,27,36H,15-18,21-22H2,1-3H3. The number of amides is 2. The summed E-state index contributed by atoms with van der Waals surface area (Å²) in [7, 11) is 0. The molecule has 0 spiro atoms. The first-order chi connectivity index (χ1) is 18.7. The third-order valence-electron chi connectivity index (χ3n) is 7.08. The Kier molecular flexibility index (Phi) is 7.47. The lowest BCUT2D eigenvalue weighted by Crippen LogP contribution is -2.44. The maximum Gasteiger partial charge on any atom is 0.410 e. The van der Waals surface area contributed by atoms with Crippen molar-refractivity contribution in [1.29, 1.82) is 0 Å². The summed E-state index contributed by atoms with van der Waals surface area (Å²) in [5, 5.41) is 10.00. The number of hydrogen-bond donors (Lipinski definition) is 1. The van der Waals surface area contributed by atoms with Crippen LogP contribution in [0.1, 0.15) is 51.2 Å². The Hall–Kier alpha value is -4.06. The zero-order valence-corrected chi connectivity index (χ0v) is 22.9.